The van der Waals surface area contributed by atoms with E-state index in [0.29, 0.717) is 0 Å². The average molecular weight is 717 g/mol. The van der Waals surface area contributed by atoms with Gasteiger partial charge >= 0.3 is 5.97 Å². The number of fused-ring (bicyclic) bond motifs is 3. The van der Waals surface area contributed by atoms with Crippen molar-refractivity contribution in [2.75, 3.05) is 0 Å². The summed E-state index contributed by atoms with van der Waals surface area (Å²) in [6.07, 6.45) is -6.18. The van der Waals surface area contributed by atoms with Crippen LogP contribution in [0.5, 0.6) is 69.0 Å². The molecule has 0 aliphatic carbocycles. The molecule has 16 heteroatoms. The number of hydrogen-bond acceptors (Lipinski definition) is 16. The molecule has 7 rings (SSSR count). The summed E-state index contributed by atoms with van der Waals surface area (Å²) in [5.41, 5.74) is -1.57. The zero-order valence-corrected chi connectivity index (χ0v) is 26.4. The Labute approximate surface area is 290 Å². The largest absolute Gasteiger partial charge is 0.508 e. The van der Waals surface area contributed by atoms with Crippen LogP contribution in [0.25, 0.3) is 10.8 Å². The topological polar surface area (TPSA) is 284 Å². The molecule has 0 fully saturated rings. The Balaban J connectivity index is 1.37. The first kappa shape index (κ1) is 33.6. The van der Waals surface area contributed by atoms with Crippen LogP contribution in [0.1, 0.15) is 44.8 Å². The monoisotopic (exact) mass is 716 g/mol. The molecule has 2 aliphatic rings. The molecule has 11 N–H and O–H groups in total. The normalized spacial score (nSPS) is 19.2. The highest BCUT2D eigenvalue weighted by Gasteiger charge is 2.39. The van der Waals surface area contributed by atoms with Crippen LogP contribution in [0.2, 0.25) is 0 Å². The average Bonchev–Trinajstić information content (AvgIpc) is 3.20. The molecule has 0 radical (unpaired) electrons. The number of rotatable bonds is 4. The smallest absolute Gasteiger partial charge is 0.338 e. The van der Waals surface area contributed by atoms with Gasteiger partial charge in [0.25, 0.3) is 0 Å². The molecular formula is C36H28O16. The molecule has 0 aromatic heterocycles. The van der Waals surface area contributed by atoms with Crippen molar-refractivity contribution in [1.29, 1.82) is 0 Å². The molecule has 0 unspecified atom stereocenters. The first-order valence-electron chi connectivity index (χ1n) is 15.4. The standard InChI is InChI=1S/C36H28O16/c37-15-6-20(39)17-10-25(44)35(51-26(17)8-15)19-2-12-1-13(3-24(43)32(47)29(12)33(48)30(19)45)34-28(11-18-21(40)7-16(38)9-27(18)50-34)52-36(49)14-4-22(41)31(46)23(42)5-14/h1-9,25,28,34-35,37-42,44-46,48H,10-11H2,(H,43,47)/t25-,28-,34-,35-/m1/s1. The quantitative estimate of drug-likeness (QED) is 0.0940. The minimum absolute atomic E-state index is 0.0310. The van der Waals surface area contributed by atoms with Crippen molar-refractivity contribution in [3.05, 3.63) is 92.6 Å². The Morgan fingerprint density at radius 2 is 1.19 bits per heavy atom. The maximum Gasteiger partial charge on any atom is 0.338 e. The highest BCUT2D eigenvalue weighted by molar-refractivity contribution is 5.96. The van der Waals surface area contributed by atoms with E-state index >= 15 is 0 Å². The van der Waals surface area contributed by atoms with Gasteiger partial charge in [-0.3, -0.25) is 4.79 Å². The molecule has 5 aromatic carbocycles. The molecule has 2 heterocycles. The van der Waals surface area contributed by atoms with Crippen molar-refractivity contribution < 1.29 is 75.2 Å². The lowest BCUT2D eigenvalue weighted by molar-refractivity contribution is -0.0188. The Hall–Kier alpha value is -6.94. The molecule has 0 bridgehead atoms. The highest BCUT2D eigenvalue weighted by Crippen LogP contribution is 2.49. The highest BCUT2D eigenvalue weighted by atomic mass is 16.6. The Morgan fingerprint density at radius 1 is 0.615 bits per heavy atom. The van der Waals surface area contributed by atoms with E-state index in [1.165, 1.54) is 18.2 Å². The third kappa shape index (κ3) is 5.56. The molecule has 16 nitrogen and oxygen atoms in total. The van der Waals surface area contributed by atoms with E-state index in [2.05, 4.69) is 0 Å². The van der Waals surface area contributed by atoms with E-state index in [4.69, 9.17) is 14.2 Å². The lowest BCUT2D eigenvalue weighted by Crippen LogP contribution is -2.35. The van der Waals surface area contributed by atoms with Crippen LogP contribution in [0.4, 0.5) is 0 Å². The Bertz CT molecular complexity index is 2370. The summed E-state index contributed by atoms with van der Waals surface area (Å²) in [6.45, 7) is 0. The Morgan fingerprint density at radius 3 is 1.81 bits per heavy atom. The van der Waals surface area contributed by atoms with Gasteiger partial charge in [0.2, 0.25) is 5.43 Å². The van der Waals surface area contributed by atoms with Crippen molar-refractivity contribution in [2.24, 2.45) is 0 Å². The van der Waals surface area contributed by atoms with E-state index in [0.717, 1.165) is 36.4 Å². The minimum atomic E-state index is -1.45. The second-order valence-electron chi connectivity index (χ2n) is 12.4. The van der Waals surface area contributed by atoms with E-state index in [1.807, 2.05) is 0 Å². The first-order chi connectivity index (χ1) is 24.6. The van der Waals surface area contributed by atoms with Gasteiger partial charge in [0.05, 0.1) is 17.1 Å². The maximum absolute atomic E-state index is 13.3. The number of aliphatic hydroxyl groups excluding tert-OH is 1. The summed E-state index contributed by atoms with van der Waals surface area (Å²) >= 11 is 0. The number of aromatic hydroxyl groups is 10. The zero-order valence-electron chi connectivity index (χ0n) is 26.4. The van der Waals surface area contributed by atoms with Crippen molar-refractivity contribution in [3.63, 3.8) is 0 Å². The predicted molar refractivity (Wildman–Crippen MR) is 176 cm³/mol. The molecule has 5 aromatic rings. The fourth-order valence-electron chi connectivity index (χ4n) is 6.50. The molecule has 4 atom stereocenters. The van der Waals surface area contributed by atoms with Crippen LogP contribution in [0.15, 0.2) is 59.4 Å². The number of phenols is 9. The molecule has 2 aliphatic heterocycles. The van der Waals surface area contributed by atoms with Crippen LogP contribution in [-0.4, -0.2) is 74.3 Å². The van der Waals surface area contributed by atoms with Gasteiger partial charge in [-0.2, -0.15) is 0 Å². The second-order valence-corrected chi connectivity index (χ2v) is 12.4. The summed E-state index contributed by atoms with van der Waals surface area (Å²) in [5, 5.41) is 114. The van der Waals surface area contributed by atoms with Gasteiger partial charge < -0.3 is 70.4 Å². The van der Waals surface area contributed by atoms with Gasteiger partial charge in [-0.05, 0) is 35.7 Å². The minimum Gasteiger partial charge on any atom is -0.508 e. The van der Waals surface area contributed by atoms with Gasteiger partial charge in [0.1, 0.15) is 40.6 Å². The van der Waals surface area contributed by atoms with Crippen molar-refractivity contribution in [3.8, 4) is 69.0 Å². The lowest BCUT2D eigenvalue weighted by Gasteiger charge is -2.33. The number of phenolic OH excluding ortho intramolecular Hbond substituents is 9. The van der Waals surface area contributed by atoms with Crippen molar-refractivity contribution in [1.82, 2.24) is 0 Å². The fourth-order valence-corrected chi connectivity index (χ4v) is 6.50. The Kier molecular flexibility index (Phi) is 7.83. The number of aliphatic hydroxyl groups is 1. The molecule has 52 heavy (non-hydrogen) atoms. The maximum atomic E-state index is 13.3. The van der Waals surface area contributed by atoms with Crippen LogP contribution in [0.3, 0.4) is 0 Å². The summed E-state index contributed by atoms with van der Waals surface area (Å²) in [7, 11) is 0. The van der Waals surface area contributed by atoms with E-state index in [1.54, 1.807) is 0 Å². The van der Waals surface area contributed by atoms with E-state index in [-0.39, 0.29) is 63.5 Å². The molecule has 0 saturated heterocycles. The third-order valence-electron chi connectivity index (χ3n) is 8.98. The van der Waals surface area contributed by atoms with Crippen LogP contribution in [0, 0.1) is 0 Å². The van der Waals surface area contributed by atoms with Gasteiger partial charge in [0.15, 0.2) is 46.7 Å². The molecular weight excluding hydrogens is 688 g/mol. The van der Waals surface area contributed by atoms with Crippen LogP contribution >= 0.6 is 0 Å². The number of ether oxygens (including phenoxy) is 3. The van der Waals surface area contributed by atoms with Gasteiger partial charge in [-0.15, -0.1) is 0 Å². The molecule has 0 spiro atoms. The van der Waals surface area contributed by atoms with Crippen molar-refractivity contribution >= 4 is 16.7 Å². The summed E-state index contributed by atoms with van der Waals surface area (Å²) in [5.74, 6) is -8.20. The van der Waals surface area contributed by atoms with Gasteiger partial charge in [0, 0.05) is 59.4 Å². The van der Waals surface area contributed by atoms with E-state index < -0.39 is 92.8 Å². The summed E-state index contributed by atoms with van der Waals surface area (Å²) < 4.78 is 17.6. The van der Waals surface area contributed by atoms with Crippen molar-refractivity contribution in [2.45, 2.75) is 37.3 Å². The number of hydrogen-bond donors (Lipinski definition) is 11. The molecule has 0 saturated carbocycles. The number of carbonyl (C=O) groups is 1. The number of carbonyl (C=O) groups excluding carboxylic acids is 1. The second kappa shape index (κ2) is 12.1. The predicted octanol–water partition coefficient (Wildman–Crippen LogP) is 3.19. The SMILES string of the molecule is O=C(O[C@@H]1Cc2c(O)cc(O)cc2O[C@@H]1c1cc(=O)c(O)c2c(O)c(O)c([C@H]3Oc4cc(O)cc(O)c4C[C@H]3O)cc2c1)c1cc(O)c(O)c(O)c1. The zero-order chi connectivity index (χ0) is 37.3. The van der Waals surface area contributed by atoms with E-state index in [9.17, 15) is 65.8 Å². The van der Waals surface area contributed by atoms with Gasteiger partial charge in [-0.1, -0.05) is 0 Å². The molecule has 268 valence electrons. The van der Waals surface area contributed by atoms with Gasteiger partial charge in [-0.25, -0.2) is 4.79 Å². The van der Waals surface area contributed by atoms with Crippen LogP contribution in [-0.2, 0) is 17.6 Å². The number of benzene rings is 4. The summed E-state index contributed by atoms with van der Waals surface area (Å²) in [4.78, 5) is 26.6. The summed E-state index contributed by atoms with van der Waals surface area (Å²) in [6, 6.07) is 9.39. The van der Waals surface area contributed by atoms with Crippen LogP contribution < -0.4 is 14.9 Å². The third-order valence-corrected chi connectivity index (χ3v) is 8.98. The lowest BCUT2D eigenvalue weighted by atomic mass is 9.91. The fraction of sp³-hybridized carbons (Fsp3) is 0.167. The first-order valence-corrected chi connectivity index (χ1v) is 15.4. The molecule has 0 amide bonds. The number of esters is 1.